The van der Waals surface area contributed by atoms with Crippen LogP contribution in [0.25, 0.3) is 0 Å². The molecule has 2 aromatic heterocycles. The van der Waals surface area contributed by atoms with Crippen LogP contribution in [0.15, 0.2) is 55.0 Å². The van der Waals surface area contributed by atoms with Gasteiger partial charge in [0.25, 0.3) is 0 Å². The summed E-state index contributed by atoms with van der Waals surface area (Å²) in [5, 5.41) is 4.11. The molecule has 7 nitrogen and oxygen atoms in total. The van der Waals surface area contributed by atoms with Crippen LogP contribution in [-0.2, 0) is 20.0 Å². The quantitative estimate of drug-likeness (QED) is 0.564. The maximum Gasteiger partial charge on any atom is 0.326 e. The third-order valence-corrected chi connectivity index (χ3v) is 5.12. The van der Waals surface area contributed by atoms with Crippen molar-refractivity contribution in [1.29, 1.82) is 0 Å². The number of aryl methyl sites for hydroxylation is 2. The van der Waals surface area contributed by atoms with Gasteiger partial charge < -0.3 is 4.90 Å². The molecule has 3 heterocycles. The summed E-state index contributed by atoms with van der Waals surface area (Å²) in [6.45, 7) is 1.43. The number of carbonyl (C=O) groups excluding carboxylic acids is 2. The van der Waals surface area contributed by atoms with Crippen molar-refractivity contribution in [3.8, 4) is 0 Å². The fraction of sp³-hybridized carbons (Fsp3) is 0.273. The van der Waals surface area contributed by atoms with Gasteiger partial charge in [0.1, 0.15) is 11.6 Å². The van der Waals surface area contributed by atoms with Gasteiger partial charge in [-0.3, -0.25) is 14.4 Å². The van der Waals surface area contributed by atoms with Gasteiger partial charge in [-0.25, -0.2) is 14.2 Å². The van der Waals surface area contributed by atoms with E-state index < -0.39 is 0 Å². The van der Waals surface area contributed by atoms with Crippen LogP contribution in [0.2, 0.25) is 0 Å². The molecule has 0 radical (unpaired) electrons. The van der Waals surface area contributed by atoms with Gasteiger partial charge in [-0.1, -0.05) is 12.1 Å². The van der Waals surface area contributed by atoms with Crippen LogP contribution in [-0.4, -0.2) is 44.6 Å². The highest BCUT2D eigenvalue weighted by Gasteiger charge is 2.30. The van der Waals surface area contributed by atoms with Gasteiger partial charge in [-0.05, 0) is 41.8 Å². The molecule has 0 N–H and O–H groups in total. The number of urea groups is 1. The van der Waals surface area contributed by atoms with Crippen molar-refractivity contribution in [2.24, 2.45) is 7.05 Å². The van der Waals surface area contributed by atoms with E-state index in [0.717, 1.165) is 11.1 Å². The first-order chi connectivity index (χ1) is 14.5. The lowest BCUT2D eigenvalue weighted by Crippen LogP contribution is -2.32. The van der Waals surface area contributed by atoms with Crippen molar-refractivity contribution in [2.75, 3.05) is 18.0 Å². The van der Waals surface area contributed by atoms with Crippen LogP contribution in [0.5, 0.6) is 0 Å². The number of hydrogen-bond donors (Lipinski definition) is 0. The Kier molecular flexibility index (Phi) is 5.56. The molecule has 0 bridgehead atoms. The molecular weight excluding hydrogens is 385 g/mol. The van der Waals surface area contributed by atoms with E-state index in [9.17, 15) is 14.0 Å². The maximum absolute atomic E-state index is 13.1. The van der Waals surface area contributed by atoms with Gasteiger partial charge in [0.15, 0.2) is 5.78 Å². The molecule has 8 heteroatoms. The third-order valence-electron chi connectivity index (χ3n) is 5.12. The number of nitrogens with zero attached hydrogens (tertiary/aromatic N) is 5. The minimum absolute atomic E-state index is 0.00248. The van der Waals surface area contributed by atoms with Crippen molar-refractivity contribution < 1.29 is 14.0 Å². The minimum atomic E-state index is -0.303. The first-order valence-corrected chi connectivity index (χ1v) is 9.77. The smallest absolute Gasteiger partial charge is 0.318 e. The number of aromatic nitrogens is 3. The molecule has 1 aromatic carbocycles. The van der Waals surface area contributed by atoms with Crippen molar-refractivity contribution in [1.82, 2.24) is 19.7 Å². The molecule has 1 aliphatic heterocycles. The SMILES string of the molecule is Cn1cc(CCC(=O)c2ccnc(N3CCN(Cc4ccc(F)cc4)C3=O)c2)cn1. The Bertz CT molecular complexity index is 1060. The van der Waals surface area contributed by atoms with Crippen molar-refractivity contribution in [3.63, 3.8) is 0 Å². The number of hydrogen-bond acceptors (Lipinski definition) is 4. The molecule has 0 aliphatic carbocycles. The summed E-state index contributed by atoms with van der Waals surface area (Å²) in [5.41, 5.74) is 2.40. The van der Waals surface area contributed by atoms with E-state index in [4.69, 9.17) is 0 Å². The lowest BCUT2D eigenvalue weighted by Gasteiger charge is -2.18. The summed E-state index contributed by atoms with van der Waals surface area (Å²) in [6.07, 6.45) is 6.18. The molecule has 2 amide bonds. The van der Waals surface area contributed by atoms with Gasteiger partial charge >= 0.3 is 6.03 Å². The first kappa shape index (κ1) is 19.8. The highest BCUT2D eigenvalue weighted by atomic mass is 19.1. The zero-order chi connectivity index (χ0) is 21.1. The van der Waals surface area contributed by atoms with Gasteiger partial charge in [0.05, 0.1) is 6.20 Å². The normalized spacial score (nSPS) is 13.9. The van der Waals surface area contributed by atoms with Crippen LogP contribution in [0.4, 0.5) is 15.0 Å². The van der Waals surface area contributed by atoms with Crippen LogP contribution < -0.4 is 4.90 Å². The summed E-state index contributed by atoms with van der Waals surface area (Å²) in [7, 11) is 1.84. The predicted molar refractivity (Wildman–Crippen MR) is 110 cm³/mol. The van der Waals surface area contributed by atoms with E-state index in [-0.39, 0.29) is 17.6 Å². The number of halogens is 1. The Labute approximate surface area is 173 Å². The van der Waals surface area contributed by atoms with Crippen LogP contribution in [0.1, 0.15) is 27.9 Å². The number of Topliss-reactive ketones (excluding diaryl/α,β-unsaturated/α-hetero) is 1. The average Bonchev–Trinajstić information content (AvgIpc) is 3.33. The predicted octanol–water partition coefficient (Wildman–Crippen LogP) is 3.21. The standard InChI is InChI=1S/C22H22FN5O2/c1-26-14-17(13-25-26)4-7-20(29)18-8-9-24-21(12-18)28-11-10-27(22(28)30)15-16-2-5-19(23)6-3-16/h2-3,5-6,8-9,12-14H,4,7,10-11,15H2,1H3. The number of rotatable bonds is 7. The maximum atomic E-state index is 13.1. The molecule has 1 saturated heterocycles. The lowest BCUT2D eigenvalue weighted by atomic mass is 10.1. The molecule has 3 aromatic rings. The van der Waals surface area contributed by atoms with E-state index >= 15 is 0 Å². The van der Waals surface area contributed by atoms with E-state index in [1.54, 1.807) is 51.1 Å². The van der Waals surface area contributed by atoms with Crippen LogP contribution >= 0.6 is 0 Å². The lowest BCUT2D eigenvalue weighted by molar-refractivity contribution is 0.0982. The number of pyridine rings is 1. The molecule has 154 valence electrons. The summed E-state index contributed by atoms with van der Waals surface area (Å²) in [6, 6.07) is 9.28. The topological polar surface area (TPSA) is 71.3 Å². The van der Waals surface area contributed by atoms with Crippen molar-refractivity contribution in [3.05, 3.63) is 77.5 Å². The number of ketones is 1. The number of anilines is 1. The second-order valence-electron chi connectivity index (χ2n) is 7.33. The Morgan fingerprint density at radius 2 is 1.93 bits per heavy atom. The molecule has 30 heavy (non-hydrogen) atoms. The van der Waals surface area contributed by atoms with E-state index in [1.807, 2.05) is 13.2 Å². The molecule has 0 atom stereocenters. The second-order valence-corrected chi connectivity index (χ2v) is 7.33. The highest BCUT2D eigenvalue weighted by Crippen LogP contribution is 2.21. The monoisotopic (exact) mass is 407 g/mol. The molecule has 1 aliphatic rings. The van der Waals surface area contributed by atoms with E-state index in [1.165, 1.54) is 12.1 Å². The Hall–Kier alpha value is -3.55. The number of amides is 2. The molecule has 0 spiro atoms. The van der Waals surface area contributed by atoms with Gasteiger partial charge in [-0.2, -0.15) is 5.10 Å². The summed E-state index contributed by atoms with van der Waals surface area (Å²) in [5.74, 6) is 0.161. The van der Waals surface area contributed by atoms with Gasteiger partial charge in [-0.15, -0.1) is 0 Å². The zero-order valence-electron chi connectivity index (χ0n) is 16.7. The van der Waals surface area contributed by atoms with Gasteiger partial charge in [0.2, 0.25) is 0 Å². The van der Waals surface area contributed by atoms with Crippen molar-refractivity contribution >= 4 is 17.6 Å². The molecule has 4 rings (SSSR count). The van der Waals surface area contributed by atoms with E-state index in [2.05, 4.69) is 10.1 Å². The van der Waals surface area contributed by atoms with E-state index in [0.29, 0.717) is 43.9 Å². The number of benzene rings is 1. The first-order valence-electron chi connectivity index (χ1n) is 9.77. The highest BCUT2D eigenvalue weighted by molar-refractivity contribution is 5.98. The Morgan fingerprint density at radius 1 is 1.13 bits per heavy atom. The fourth-order valence-electron chi connectivity index (χ4n) is 3.49. The average molecular weight is 407 g/mol. The van der Waals surface area contributed by atoms with Crippen LogP contribution in [0.3, 0.4) is 0 Å². The zero-order valence-corrected chi connectivity index (χ0v) is 16.7. The Balaban J connectivity index is 1.41. The van der Waals surface area contributed by atoms with Crippen molar-refractivity contribution in [2.45, 2.75) is 19.4 Å². The Morgan fingerprint density at radius 3 is 2.67 bits per heavy atom. The molecule has 0 unspecified atom stereocenters. The summed E-state index contributed by atoms with van der Waals surface area (Å²) in [4.78, 5) is 33.0. The third kappa shape index (κ3) is 4.37. The second kappa shape index (κ2) is 8.44. The summed E-state index contributed by atoms with van der Waals surface area (Å²) >= 11 is 0. The fourth-order valence-corrected chi connectivity index (χ4v) is 3.49. The van der Waals surface area contributed by atoms with Gasteiger partial charge in [0, 0.05) is 51.1 Å². The minimum Gasteiger partial charge on any atom is -0.318 e. The molecule has 1 fully saturated rings. The molecule has 0 saturated carbocycles. The number of carbonyl (C=O) groups is 2. The van der Waals surface area contributed by atoms with Crippen LogP contribution in [0, 0.1) is 5.82 Å². The summed E-state index contributed by atoms with van der Waals surface area (Å²) < 4.78 is 14.8. The molecular formula is C22H22FN5O2. The largest absolute Gasteiger partial charge is 0.326 e.